The smallest absolute Gasteiger partial charge is 0.275 e. The highest BCUT2D eigenvalue weighted by Gasteiger charge is 2.24. The fourth-order valence-electron chi connectivity index (χ4n) is 3.04. The van der Waals surface area contributed by atoms with E-state index in [-0.39, 0.29) is 29.3 Å². The number of rotatable bonds is 3. The summed E-state index contributed by atoms with van der Waals surface area (Å²) in [5.41, 5.74) is 7.09. The third-order valence-corrected chi connectivity index (χ3v) is 4.42. The predicted octanol–water partition coefficient (Wildman–Crippen LogP) is 2.03. The largest absolute Gasteiger partial charge is 0.504 e. The zero-order valence-corrected chi connectivity index (χ0v) is 13.5. The fraction of sp³-hybridized carbons (Fsp3) is 0.412. The summed E-state index contributed by atoms with van der Waals surface area (Å²) in [4.78, 5) is 12.4. The van der Waals surface area contributed by atoms with Gasteiger partial charge in [-0.2, -0.15) is 5.10 Å². The van der Waals surface area contributed by atoms with Gasteiger partial charge in [-0.15, -0.1) is 0 Å². The highest BCUT2D eigenvalue weighted by molar-refractivity contribution is 5.95. The highest BCUT2D eigenvalue weighted by Crippen LogP contribution is 2.22. The van der Waals surface area contributed by atoms with E-state index >= 15 is 0 Å². The van der Waals surface area contributed by atoms with Gasteiger partial charge in [-0.05, 0) is 56.4 Å². The van der Waals surface area contributed by atoms with Crippen molar-refractivity contribution in [1.29, 1.82) is 0 Å². The van der Waals surface area contributed by atoms with Crippen LogP contribution in [0.25, 0.3) is 5.69 Å². The predicted molar refractivity (Wildman–Crippen MR) is 87.6 cm³/mol. The number of hydrogen-bond donors (Lipinski definition) is 3. The summed E-state index contributed by atoms with van der Waals surface area (Å²) in [6, 6.07) is 4.49. The minimum atomic E-state index is -0.411. The van der Waals surface area contributed by atoms with Gasteiger partial charge in [0.1, 0.15) is 5.82 Å². The lowest BCUT2D eigenvalue weighted by molar-refractivity contribution is 0.0917. The Morgan fingerprint density at radius 2 is 2.08 bits per heavy atom. The summed E-state index contributed by atoms with van der Waals surface area (Å²) in [5, 5.41) is 17.1. The van der Waals surface area contributed by atoms with E-state index in [1.807, 2.05) is 0 Å². The number of nitrogens with zero attached hydrogens (tertiary/aromatic N) is 2. The van der Waals surface area contributed by atoms with Gasteiger partial charge in [0.25, 0.3) is 5.91 Å². The fourth-order valence-corrected chi connectivity index (χ4v) is 3.04. The standard InChI is InChI=1S/C17H21FN4O2/c1-10-8-11(18)2-7-14(10)22-9-15(23)16(21-22)17(24)20-13-5-3-12(19)4-6-13/h2,7-9,12-13,23H,3-6,19H2,1H3,(H,20,24). The van der Waals surface area contributed by atoms with Crippen molar-refractivity contribution in [2.75, 3.05) is 0 Å². The third-order valence-electron chi connectivity index (χ3n) is 4.42. The SMILES string of the molecule is Cc1cc(F)ccc1-n1cc(O)c(C(=O)NC2CCC(N)CC2)n1. The molecule has 0 unspecified atom stereocenters. The monoisotopic (exact) mass is 332 g/mol. The molecule has 0 bridgehead atoms. The molecule has 1 aliphatic carbocycles. The van der Waals surface area contributed by atoms with Crippen molar-refractivity contribution in [2.45, 2.75) is 44.7 Å². The Labute approximate surface area is 139 Å². The van der Waals surface area contributed by atoms with Crippen molar-refractivity contribution in [2.24, 2.45) is 5.73 Å². The van der Waals surface area contributed by atoms with E-state index < -0.39 is 5.91 Å². The number of hydrogen-bond acceptors (Lipinski definition) is 4. The molecule has 7 heteroatoms. The van der Waals surface area contributed by atoms with E-state index in [9.17, 15) is 14.3 Å². The molecule has 0 spiro atoms. The number of nitrogens with one attached hydrogen (secondary N) is 1. The van der Waals surface area contributed by atoms with Gasteiger partial charge < -0.3 is 16.2 Å². The molecule has 6 nitrogen and oxygen atoms in total. The topological polar surface area (TPSA) is 93.2 Å². The van der Waals surface area contributed by atoms with E-state index in [1.165, 1.54) is 23.0 Å². The van der Waals surface area contributed by atoms with E-state index in [0.29, 0.717) is 11.3 Å². The molecule has 1 fully saturated rings. The van der Waals surface area contributed by atoms with Gasteiger partial charge in [-0.3, -0.25) is 4.79 Å². The molecule has 1 aromatic heterocycles. The van der Waals surface area contributed by atoms with Gasteiger partial charge in [0.05, 0.1) is 11.9 Å². The first-order chi connectivity index (χ1) is 11.4. The summed E-state index contributed by atoms with van der Waals surface area (Å²) in [6.45, 7) is 1.74. The van der Waals surface area contributed by atoms with Crippen LogP contribution in [-0.4, -0.2) is 32.9 Å². The normalized spacial score (nSPS) is 20.8. The summed E-state index contributed by atoms with van der Waals surface area (Å²) < 4.78 is 14.6. The molecule has 128 valence electrons. The maximum atomic E-state index is 13.2. The second-order valence-corrected chi connectivity index (χ2v) is 6.32. The van der Waals surface area contributed by atoms with Crippen LogP contribution in [0.4, 0.5) is 4.39 Å². The van der Waals surface area contributed by atoms with Gasteiger partial charge >= 0.3 is 0 Å². The lowest BCUT2D eigenvalue weighted by Gasteiger charge is -2.26. The number of benzene rings is 1. The molecule has 1 heterocycles. The quantitative estimate of drug-likeness (QED) is 0.802. The van der Waals surface area contributed by atoms with Crippen molar-refractivity contribution in [3.8, 4) is 11.4 Å². The molecule has 1 aliphatic rings. The molecule has 0 radical (unpaired) electrons. The second-order valence-electron chi connectivity index (χ2n) is 6.32. The van der Waals surface area contributed by atoms with E-state index in [2.05, 4.69) is 10.4 Å². The minimum absolute atomic E-state index is 0.0337. The lowest BCUT2D eigenvalue weighted by atomic mass is 9.92. The maximum absolute atomic E-state index is 13.2. The second kappa shape index (κ2) is 6.60. The Kier molecular flexibility index (Phi) is 4.53. The van der Waals surface area contributed by atoms with Gasteiger partial charge in [0, 0.05) is 12.1 Å². The van der Waals surface area contributed by atoms with Gasteiger partial charge in [0.2, 0.25) is 0 Å². The number of halogens is 1. The van der Waals surface area contributed by atoms with Crippen LogP contribution in [0.5, 0.6) is 5.75 Å². The van der Waals surface area contributed by atoms with Crippen LogP contribution < -0.4 is 11.1 Å². The number of nitrogens with two attached hydrogens (primary N) is 1. The van der Waals surface area contributed by atoms with Crippen LogP contribution in [-0.2, 0) is 0 Å². The van der Waals surface area contributed by atoms with Crippen LogP contribution in [0.1, 0.15) is 41.7 Å². The van der Waals surface area contributed by atoms with E-state index in [4.69, 9.17) is 5.73 Å². The van der Waals surface area contributed by atoms with Crippen molar-refractivity contribution in [3.63, 3.8) is 0 Å². The minimum Gasteiger partial charge on any atom is -0.504 e. The zero-order valence-electron chi connectivity index (χ0n) is 13.5. The van der Waals surface area contributed by atoms with Crippen molar-refractivity contribution < 1.29 is 14.3 Å². The number of aromatic nitrogens is 2. The molecular formula is C17H21FN4O2. The Hall–Kier alpha value is -2.41. The molecular weight excluding hydrogens is 311 g/mol. The lowest BCUT2D eigenvalue weighted by Crippen LogP contribution is -2.40. The van der Waals surface area contributed by atoms with Crippen molar-refractivity contribution in [1.82, 2.24) is 15.1 Å². The average molecular weight is 332 g/mol. The Bertz CT molecular complexity index is 751. The summed E-state index contributed by atoms with van der Waals surface area (Å²) in [6.07, 6.45) is 4.75. The van der Waals surface area contributed by atoms with Gasteiger partial charge in [-0.1, -0.05) is 0 Å². The van der Waals surface area contributed by atoms with Crippen LogP contribution in [0.2, 0.25) is 0 Å². The van der Waals surface area contributed by atoms with Crippen LogP contribution in [0, 0.1) is 12.7 Å². The number of amides is 1. The Morgan fingerprint density at radius 3 is 2.75 bits per heavy atom. The molecule has 4 N–H and O–H groups in total. The van der Waals surface area contributed by atoms with E-state index in [0.717, 1.165) is 25.7 Å². The maximum Gasteiger partial charge on any atom is 0.275 e. The summed E-state index contributed by atoms with van der Waals surface area (Å²) >= 11 is 0. The number of carbonyl (C=O) groups excluding carboxylic acids is 1. The molecule has 1 amide bonds. The number of carbonyl (C=O) groups is 1. The van der Waals surface area contributed by atoms with E-state index in [1.54, 1.807) is 13.0 Å². The summed E-state index contributed by atoms with van der Waals surface area (Å²) in [7, 11) is 0. The number of aryl methyl sites for hydroxylation is 1. The number of aromatic hydroxyl groups is 1. The molecule has 3 rings (SSSR count). The zero-order chi connectivity index (χ0) is 17.3. The third kappa shape index (κ3) is 3.41. The Balaban J connectivity index is 1.77. The van der Waals surface area contributed by atoms with Crippen molar-refractivity contribution in [3.05, 3.63) is 41.5 Å². The first kappa shape index (κ1) is 16.4. The van der Waals surface area contributed by atoms with Crippen LogP contribution in [0.15, 0.2) is 24.4 Å². The molecule has 24 heavy (non-hydrogen) atoms. The highest BCUT2D eigenvalue weighted by atomic mass is 19.1. The van der Waals surface area contributed by atoms with Gasteiger partial charge in [0.15, 0.2) is 11.4 Å². The summed E-state index contributed by atoms with van der Waals surface area (Å²) in [5.74, 6) is -0.962. The molecule has 0 atom stereocenters. The average Bonchev–Trinajstić information content (AvgIpc) is 2.91. The van der Waals surface area contributed by atoms with Crippen molar-refractivity contribution >= 4 is 5.91 Å². The van der Waals surface area contributed by atoms with Gasteiger partial charge in [-0.25, -0.2) is 9.07 Å². The Morgan fingerprint density at radius 1 is 1.38 bits per heavy atom. The van der Waals surface area contributed by atoms with Crippen LogP contribution in [0.3, 0.4) is 0 Å². The molecule has 2 aromatic rings. The molecule has 0 saturated heterocycles. The van der Waals surface area contributed by atoms with Crippen LogP contribution >= 0.6 is 0 Å². The molecule has 1 saturated carbocycles. The first-order valence-electron chi connectivity index (χ1n) is 8.05. The first-order valence-corrected chi connectivity index (χ1v) is 8.05. The molecule has 0 aliphatic heterocycles. The molecule has 1 aromatic carbocycles.